The molecule has 9 heavy (non-hydrogen) atoms. The molecule has 3 heteroatoms. The second-order valence-electron chi connectivity index (χ2n) is 2.47. The summed E-state index contributed by atoms with van der Waals surface area (Å²) in [7, 11) is 3.90. The molecule has 0 bridgehead atoms. The molecule has 0 aliphatic heterocycles. The number of rotatable bonds is 3. The van der Waals surface area contributed by atoms with E-state index < -0.39 is 0 Å². The van der Waals surface area contributed by atoms with Crippen LogP contribution < -0.4 is 0 Å². The molecule has 54 valence electrons. The van der Waals surface area contributed by atoms with Gasteiger partial charge < -0.3 is 4.90 Å². The van der Waals surface area contributed by atoms with Crippen LogP contribution in [0.3, 0.4) is 0 Å². The Morgan fingerprint density at radius 3 is 2.22 bits per heavy atom. The molecule has 0 amide bonds. The molecule has 0 spiro atoms. The molecule has 0 aromatic rings. The summed E-state index contributed by atoms with van der Waals surface area (Å²) in [6.45, 7) is 2.71. The molecular weight excluding hydrogens is 182 g/mol. The molecule has 2 nitrogen and oxygen atoms in total. The fourth-order valence-corrected chi connectivity index (χ4v) is 0.764. The highest BCUT2D eigenvalue weighted by Crippen LogP contribution is 2.02. The Labute approximate surface area is 64.4 Å². The standard InChI is InChI=1S/C6H12BrNO/c1-5(6(7)9)4-8(2)3/h5H,4H2,1-3H3. The molecular formula is C6H12BrNO. The van der Waals surface area contributed by atoms with E-state index in [1.165, 1.54) is 0 Å². The summed E-state index contributed by atoms with van der Waals surface area (Å²) in [5.41, 5.74) is 0. The van der Waals surface area contributed by atoms with Gasteiger partial charge in [-0.15, -0.1) is 0 Å². The van der Waals surface area contributed by atoms with Gasteiger partial charge in [-0.2, -0.15) is 0 Å². The average molecular weight is 194 g/mol. The maximum absolute atomic E-state index is 10.6. The van der Waals surface area contributed by atoms with Gasteiger partial charge in [-0.3, -0.25) is 4.79 Å². The molecule has 0 heterocycles. The first-order valence-electron chi connectivity index (χ1n) is 2.88. The van der Waals surface area contributed by atoms with Crippen LogP contribution in [0.2, 0.25) is 0 Å². The highest BCUT2D eigenvalue weighted by Gasteiger charge is 2.08. The molecule has 0 radical (unpaired) electrons. The second-order valence-corrected chi connectivity index (χ2v) is 3.25. The van der Waals surface area contributed by atoms with Crippen LogP contribution in [0, 0.1) is 5.92 Å². The third-order valence-corrected chi connectivity index (χ3v) is 1.81. The van der Waals surface area contributed by atoms with E-state index in [2.05, 4.69) is 15.9 Å². The van der Waals surface area contributed by atoms with Crippen molar-refractivity contribution in [2.75, 3.05) is 20.6 Å². The van der Waals surface area contributed by atoms with Crippen LogP contribution in [-0.4, -0.2) is 30.2 Å². The number of halogens is 1. The van der Waals surface area contributed by atoms with Gasteiger partial charge in [0.1, 0.15) is 0 Å². The van der Waals surface area contributed by atoms with Crippen LogP contribution in [0.15, 0.2) is 0 Å². The minimum Gasteiger partial charge on any atom is -0.309 e. The van der Waals surface area contributed by atoms with Gasteiger partial charge in [0.15, 0.2) is 0 Å². The average Bonchev–Trinajstić information content (AvgIpc) is 1.63. The van der Waals surface area contributed by atoms with Crippen molar-refractivity contribution in [3.05, 3.63) is 0 Å². The SMILES string of the molecule is CC(CN(C)C)C(=O)Br. The fourth-order valence-electron chi connectivity index (χ4n) is 0.619. The predicted octanol–water partition coefficient (Wildman–Crippen LogP) is 1.11. The summed E-state index contributed by atoms with van der Waals surface area (Å²) in [6.07, 6.45) is 0. The minimum absolute atomic E-state index is 0.0798. The minimum atomic E-state index is 0.0798. The van der Waals surface area contributed by atoms with Gasteiger partial charge in [0.05, 0.1) is 0 Å². The van der Waals surface area contributed by atoms with E-state index in [1.807, 2.05) is 25.9 Å². The van der Waals surface area contributed by atoms with Crippen LogP contribution >= 0.6 is 15.9 Å². The largest absolute Gasteiger partial charge is 0.309 e. The van der Waals surface area contributed by atoms with E-state index in [0.29, 0.717) is 0 Å². The number of nitrogens with zero attached hydrogens (tertiary/aromatic N) is 1. The van der Waals surface area contributed by atoms with Crippen molar-refractivity contribution < 1.29 is 4.79 Å². The summed E-state index contributed by atoms with van der Waals surface area (Å²) in [5.74, 6) is 0.0972. The van der Waals surface area contributed by atoms with Gasteiger partial charge in [-0.1, -0.05) is 6.92 Å². The van der Waals surface area contributed by atoms with Gasteiger partial charge in [-0.05, 0) is 30.0 Å². The zero-order valence-electron chi connectivity index (χ0n) is 6.02. The van der Waals surface area contributed by atoms with Crippen molar-refractivity contribution in [3.8, 4) is 0 Å². The smallest absolute Gasteiger partial charge is 0.201 e. The molecule has 0 aromatic carbocycles. The van der Waals surface area contributed by atoms with Gasteiger partial charge in [-0.25, -0.2) is 0 Å². The number of hydrogen-bond donors (Lipinski definition) is 0. The highest BCUT2D eigenvalue weighted by molar-refractivity contribution is 9.18. The topological polar surface area (TPSA) is 20.3 Å². The molecule has 0 rings (SSSR count). The van der Waals surface area contributed by atoms with Gasteiger partial charge in [0, 0.05) is 12.5 Å². The predicted molar refractivity (Wildman–Crippen MR) is 41.7 cm³/mol. The second kappa shape index (κ2) is 4.01. The quantitative estimate of drug-likeness (QED) is 0.627. The molecule has 1 atom stereocenters. The number of carbonyl (C=O) groups excluding carboxylic acids is 1. The van der Waals surface area contributed by atoms with Crippen LogP contribution in [0.5, 0.6) is 0 Å². The Bertz CT molecular complexity index is 103. The lowest BCUT2D eigenvalue weighted by atomic mass is 10.2. The van der Waals surface area contributed by atoms with Crippen molar-refractivity contribution in [3.63, 3.8) is 0 Å². The molecule has 0 N–H and O–H groups in total. The maximum atomic E-state index is 10.6. The van der Waals surface area contributed by atoms with Crippen molar-refractivity contribution in [2.24, 2.45) is 5.92 Å². The third-order valence-electron chi connectivity index (χ3n) is 1.03. The molecule has 0 saturated heterocycles. The highest BCUT2D eigenvalue weighted by atomic mass is 79.9. The lowest BCUT2D eigenvalue weighted by Crippen LogP contribution is -2.22. The zero-order chi connectivity index (χ0) is 7.44. The van der Waals surface area contributed by atoms with Crippen molar-refractivity contribution in [2.45, 2.75) is 6.92 Å². The molecule has 0 aromatic heterocycles. The van der Waals surface area contributed by atoms with Crippen molar-refractivity contribution in [1.29, 1.82) is 0 Å². The maximum Gasteiger partial charge on any atom is 0.201 e. The summed E-state index contributed by atoms with van der Waals surface area (Å²) >= 11 is 2.90. The van der Waals surface area contributed by atoms with Crippen LogP contribution in [0.25, 0.3) is 0 Å². The number of hydrogen-bond acceptors (Lipinski definition) is 2. The zero-order valence-corrected chi connectivity index (χ0v) is 7.60. The molecule has 0 fully saturated rings. The first kappa shape index (κ1) is 9.11. The molecule has 0 saturated carbocycles. The lowest BCUT2D eigenvalue weighted by molar-refractivity contribution is -0.113. The molecule has 1 unspecified atom stereocenters. The Balaban J connectivity index is 3.50. The Hall–Kier alpha value is 0.110. The Kier molecular flexibility index (Phi) is 4.06. The first-order valence-corrected chi connectivity index (χ1v) is 3.67. The normalized spacial score (nSPS) is 13.9. The summed E-state index contributed by atoms with van der Waals surface area (Å²) in [5, 5.41) is 0. The Morgan fingerprint density at radius 2 is 2.11 bits per heavy atom. The summed E-state index contributed by atoms with van der Waals surface area (Å²) < 4.78 is 0.0798. The van der Waals surface area contributed by atoms with E-state index in [4.69, 9.17) is 0 Å². The van der Waals surface area contributed by atoms with Crippen LogP contribution in [0.1, 0.15) is 6.92 Å². The molecule has 0 aliphatic carbocycles. The van der Waals surface area contributed by atoms with E-state index in [0.717, 1.165) is 6.54 Å². The number of carbonyl (C=O) groups is 1. The monoisotopic (exact) mass is 193 g/mol. The summed E-state index contributed by atoms with van der Waals surface area (Å²) in [4.78, 5) is 12.6. The van der Waals surface area contributed by atoms with Crippen molar-refractivity contribution >= 4 is 20.6 Å². The van der Waals surface area contributed by atoms with E-state index in [-0.39, 0.29) is 10.6 Å². The summed E-state index contributed by atoms with van der Waals surface area (Å²) in [6, 6.07) is 0. The third kappa shape index (κ3) is 4.60. The van der Waals surface area contributed by atoms with Crippen LogP contribution in [-0.2, 0) is 4.79 Å². The molecule has 0 aliphatic rings. The van der Waals surface area contributed by atoms with Crippen molar-refractivity contribution in [1.82, 2.24) is 4.90 Å². The van der Waals surface area contributed by atoms with Gasteiger partial charge >= 0.3 is 0 Å². The lowest BCUT2D eigenvalue weighted by Gasteiger charge is -2.12. The first-order chi connectivity index (χ1) is 4.04. The van der Waals surface area contributed by atoms with E-state index >= 15 is 0 Å². The Morgan fingerprint density at radius 1 is 1.67 bits per heavy atom. The van der Waals surface area contributed by atoms with Gasteiger partial charge in [0.2, 0.25) is 4.69 Å². The van der Waals surface area contributed by atoms with Gasteiger partial charge in [0.25, 0.3) is 0 Å². The van der Waals surface area contributed by atoms with E-state index in [1.54, 1.807) is 0 Å². The van der Waals surface area contributed by atoms with Crippen LogP contribution in [0.4, 0.5) is 0 Å². The van der Waals surface area contributed by atoms with E-state index in [9.17, 15) is 4.79 Å². The fraction of sp³-hybridized carbons (Fsp3) is 0.833.